The van der Waals surface area contributed by atoms with Crippen LogP contribution in [0.2, 0.25) is 0 Å². The Bertz CT molecular complexity index is 1090. The van der Waals surface area contributed by atoms with Crippen LogP contribution in [0.25, 0.3) is 0 Å². The van der Waals surface area contributed by atoms with Crippen molar-refractivity contribution in [2.24, 2.45) is 29.6 Å². The Hall–Kier alpha value is -0.360. The average molecular weight is 968 g/mol. The van der Waals surface area contributed by atoms with Gasteiger partial charge in [0.2, 0.25) is 0 Å². The average Bonchev–Trinajstić information content (AvgIpc) is 4.24. The van der Waals surface area contributed by atoms with Crippen molar-refractivity contribution < 1.29 is 54.5 Å². The third-order valence-corrected chi connectivity index (χ3v) is 15.7. The Kier molecular flexibility index (Phi) is 54.3. The van der Waals surface area contributed by atoms with Crippen molar-refractivity contribution in [1.29, 1.82) is 0 Å². The van der Waals surface area contributed by atoms with Gasteiger partial charge in [0.25, 0.3) is 0 Å². The van der Waals surface area contributed by atoms with E-state index in [0.717, 1.165) is 42.9 Å². The molecular weight excluding hydrogens is 848 g/mol. The fourth-order valence-corrected chi connectivity index (χ4v) is 11.0. The molecule has 398 valence electrons. The number of carbonyl (C=O) groups is 2. The predicted octanol–water partition coefficient (Wildman–Crippen LogP) is 17.9. The summed E-state index contributed by atoms with van der Waals surface area (Å²) in [5, 5.41) is 9.16. The van der Waals surface area contributed by atoms with Gasteiger partial charge in [0.15, 0.2) is 0 Å². The normalized spacial score (nSPS) is 17.7. The number of carboxylic acids is 1. The number of rotatable bonds is 50. The molecule has 5 unspecified atom stereocenters. The molecule has 2 fully saturated rings. The van der Waals surface area contributed by atoms with E-state index in [1.54, 1.807) is 0 Å². The second-order valence-corrected chi connectivity index (χ2v) is 22.1. The number of ether oxygens (including phenoxy) is 1. The molecule has 0 aromatic heterocycles. The van der Waals surface area contributed by atoms with Crippen LogP contribution in [0.5, 0.6) is 0 Å². The molecule has 0 aromatic carbocycles. The summed E-state index contributed by atoms with van der Waals surface area (Å²) in [5.41, 5.74) is 1.17. The minimum absolute atomic E-state index is 0. The number of esters is 1. The smallest absolute Gasteiger partial charge is 0.870 e. The molecule has 5 nitrogen and oxygen atoms in total. The third-order valence-electron chi connectivity index (χ3n) is 15.7. The van der Waals surface area contributed by atoms with E-state index in [2.05, 4.69) is 27.7 Å². The SMILES string of the molecule is CCCCCCCCC/C(=C\C(=O)O)CCCCCCCC1CC1CCCCCCCC.CCCCCCCCCC(CCCCCCCC1CC1CCCCCCCC)CC(=O)OCC.[Na+].[OH-]. The molecule has 5 atom stereocenters. The molecule has 2 aliphatic carbocycles. The summed E-state index contributed by atoms with van der Waals surface area (Å²) in [5.74, 6) is 4.09. The zero-order chi connectivity index (χ0) is 48.0. The second kappa shape index (κ2) is 52.9. The van der Waals surface area contributed by atoms with E-state index in [9.17, 15) is 9.59 Å². The molecule has 6 heteroatoms. The van der Waals surface area contributed by atoms with E-state index < -0.39 is 5.97 Å². The minimum atomic E-state index is -0.761. The largest absolute Gasteiger partial charge is 1.00 e. The van der Waals surface area contributed by atoms with Crippen molar-refractivity contribution in [2.45, 2.75) is 336 Å². The van der Waals surface area contributed by atoms with Gasteiger partial charge in [-0.2, -0.15) is 0 Å². The summed E-state index contributed by atoms with van der Waals surface area (Å²) in [7, 11) is 0. The first-order valence-electron chi connectivity index (χ1n) is 30.5. The van der Waals surface area contributed by atoms with E-state index in [-0.39, 0.29) is 41.0 Å². The maximum Gasteiger partial charge on any atom is 1.00 e. The summed E-state index contributed by atoms with van der Waals surface area (Å²) in [6, 6.07) is 0. The van der Waals surface area contributed by atoms with E-state index in [1.165, 1.54) is 288 Å². The van der Waals surface area contributed by atoms with Crippen LogP contribution in [0.3, 0.4) is 0 Å². The van der Waals surface area contributed by atoms with Gasteiger partial charge in [0.1, 0.15) is 0 Å². The van der Waals surface area contributed by atoms with Crippen molar-refractivity contribution in [2.75, 3.05) is 6.61 Å². The molecule has 0 aromatic rings. The van der Waals surface area contributed by atoms with Gasteiger partial charge in [-0.1, -0.05) is 277 Å². The first kappa shape index (κ1) is 69.7. The van der Waals surface area contributed by atoms with Crippen molar-refractivity contribution in [3.8, 4) is 0 Å². The Balaban J connectivity index is 0. The van der Waals surface area contributed by atoms with E-state index in [4.69, 9.17) is 9.84 Å². The van der Waals surface area contributed by atoms with Crippen LogP contribution >= 0.6 is 0 Å². The van der Waals surface area contributed by atoms with Crippen molar-refractivity contribution in [3.05, 3.63) is 11.6 Å². The molecule has 0 aliphatic heterocycles. The van der Waals surface area contributed by atoms with Gasteiger partial charge < -0.3 is 15.3 Å². The molecule has 0 bridgehead atoms. The van der Waals surface area contributed by atoms with E-state index in [0.29, 0.717) is 18.9 Å². The number of allylic oxidation sites excluding steroid dienone is 1. The zero-order valence-corrected chi connectivity index (χ0v) is 49.0. The van der Waals surface area contributed by atoms with Gasteiger partial charge in [-0.05, 0) is 87.9 Å². The number of aliphatic carboxylic acids is 1. The van der Waals surface area contributed by atoms with E-state index in [1.807, 2.05) is 6.92 Å². The molecule has 0 radical (unpaired) electrons. The van der Waals surface area contributed by atoms with Crippen LogP contribution in [-0.4, -0.2) is 29.1 Å². The molecule has 2 saturated carbocycles. The summed E-state index contributed by atoms with van der Waals surface area (Å²) < 4.78 is 5.25. The molecule has 0 amide bonds. The van der Waals surface area contributed by atoms with Gasteiger partial charge in [-0.25, -0.2) is 4.79 Å². The molecular formula is C62H119NaO5. The minimum Gasteiger partial charge on any atom is -0.870 e. The third kappa shape index (κ3) is 46.7. The van der Waals surface area contributed by atoms with Gasteiger partial charge >= 0.3 is 41.5 Å². The first-order chi connectivity index (χ1) is 32.4. The molecule has 0 spiro atoms. The summed E-state index contributed by atoms with van der Waals surface area (Å²) in [6.45, 7) is 11.6. The maximum atomic E-state index is 12.0. The standard InChI is InChI=1S/C32H62O2.C30H56O2.Na.H2O/c1-4-7-9-11-13-15-19-23-29(27-32(33)34-6-3)24-20-16-14-18-22-26-31-28-30(31)25-21-17-12-10-8-5-2;1-3-5-7-9-11-13-17-21-27(25-30(31)32)22-18-14-12-16-20-24-29-26-28(29)23-19-15-10-8-6-4-2;;/h29-31H,4-28H2,1-3H3;25,28-29H,3-24,26H2,1-2H3,(H,31,32);;1H2/q;;+1;/p-1/b;27-25+;;. The first-order valence-corrected chi connectivity index (χ1v) is 30.5. The quantitative estimate of drug-likeness (QED) is 0.0284. The summed E-state index contributed by atoms with van der Waals surface area (Å²) >= 11 is 0. The van der Waals surface area contributed by atoms with E-state index >= 15 is 0 Å². The Morgan fingerprint density at radius 1 is 0.441 bits per heavy atom. The van der Waals surface area contributed by atoms with Crippen molar-refractivity contribution >= 4 is 11.9 Å². The van der Waals surface area contributed by atoms with Gasteiger partial charge in [-0.15, -0.1) is 0 Å². The number of carbonyl (C=O) groups excluding carboxylic acids is 1. The number of hydrogen-bond acceptors (Lipinski definition) is 4. The van der Waals surface area contributed by atoms with Crippen LogP contribution in [0.1, 0.15) is 336 Å². The maximum absolute atomic E-state index is 12.0. The Labute approximate surface area is 447 Å². The molecule has 0 heterocycles. The van der Waals surface area contributed by atoms with Crippen molar-refractivity contribution in [1.82, 2.24) is 0 Å². The van der Waals surface area contributed by atoms with Gasteiger partial charge in [0.05, 0.1) is 6.61 Å². The van der Waals surface area contributed by atoms with Gasteiger partial charge in [0, 0.05) is 12.5 Å². The number of hydrogen-bond donors (Lipinski definition) is 1. The predicted molar refractivity (Wildman–Crippen MR) is 291 cm³/mol. The van der Waals surface area contributed by atoms with Crippen LogP contribution in [0, 0.1) is 29.6 Å². The molecule has 0 saturated heterocycles. The molecule has 2 rings (SSSR count). The van der Waals surface area contributed by atoms with Crippen LogP contribution in [0.15, 0.2) is 11.6 Å². The fourth-order valence-electron chi connectivity index (χ4n) is 11.0. The zero-order valence-electron chi connectivity index (χ0n) is 47.0. The van der Waals surface area contributed by atoms with Crippen molar-refractivity contribution in [3.63, 3.8) is 0 Å². The fraction of sp³-hybridized carbons (Fsp3) is 0.935. The van der Waals surface area contributed by atoms with Gasteiger partial charge in [-0.3, -0.25) is 4.79 Å². The Morgan fingerprint density at radius 2 is 0.721 bits per heavy atom. The number of unbranched alkanes of at least 4 members (excludes halogenated alkanes) is 30. The molecule has 2 aliphatic rings. The topological polar surface area (TPSA) is 93.6 Å². The number of carboxylic acid groups (broad SMARTS) is 1. The molecule has 68 heavy (non-hydrogen) atoms. The van der Waals surface area contributed by atoms with Crippen LogP contribution < -0.4 is 29.6 Å². The summed E-state index contributed by atoms with van der Waals surface area (Å²) in [4.78, 5) is 23.2. The molecule has 2 N–H and O–H groups in total. The monoisotopic (exact) mass is 967 g/mol. The Morgan fingerprint density at radius 3 is 1.01 bits per heavy atom. The van der Waals surface area contributed by atoms with Crippen LogP contribution in [0.4, 0.5) is 0 Å². The second-order valence-electron chi connectivity index (χ2n) is 22.1. The summed E-state index contributed by atoms with van der Waals surface area (Å²) in [6.07, 6.45) is 64.8. The van der Waals surface area contributed by atoms with Crippen LogP contribution in [-0.2, 0) is 14.3 Å².